The van der Waals surface area contributed by atoms with E-state index in [0.29, 0.717) is 5.69 Å². The van der Waals surface area contributed by atoms with E-state index in [2.05, 4.69) is 5.32 Å². The lowest BCUT2D eigenvalue weighted by Crippen LogP contribution is -2.24. The second kappa shape index (κ2) is 5.87. The molecule has 0 saturated carbocycles. The molecule has 2 rings (SSSR count). The Kier molecular flexibility index (Phi) is 4.20. The van der Waals surface area contributed by atoms with E-state index in [0.717, 1.165) is 30.4 Å². The number of non-ortho nitro benzene ring substituents is 1. The number of hydrogen-bond donors (Lipinski definition) is 1. The zero-order valence-corrected chi connectivity index (χ0v) is 10.9. The first kappa shape index (κ1) is 13.6. The molecule has 1 heterocycles. The third kappa shape index (κ3) is 3.34. The minimum Gasteiger partial charge on any atom is -0.377 e. The van der Waals surface area contributed by atoms with E-state index in [1.54, 1.807) is 0 Å². The quantitative estimate of drug-likeness (QED) is 0.674. The predicted molar refractivity (Wildman–Crippen MR) is 73.7 cm³/mol. The summed E-state index contributed by atoms with van der Waals surface area (Å²) in [6.45, 7) is 0. The van der Waals surface area contributed by atoms with Crippen molar-refractivity contribution in [2.75, 3.05) is 16.8 Å². The van der Waals surface area contributed by atoms with Crippen LogP contribution < -0.4 is 5.32 Å². The van der Waals surface area contributed by atoms with Crippen LogP contribution in [0.25, 0.3) is 0 Å². The summed E-state index contributed by atoms with van der Waals surface area (Å²) in [5.41, 5.74) is -0.156. The van der Waals surface area contributed by atoms with Crippen LogP contribution in [-0.4, -0.2) is 27.4 Å². The Morgan fingerprint density at radius 1 is 1.16 bits per heavy atom. The van der Waals surface area contributed by atoms with Crippen molar-refractivity contribution in [3.8, 4) is 0 Å². The third-order valence-corrected chi connectivity index (χ3v) is 4.02. The summed E-state index contributed by atoms with van der Waals surface area (Å²) < 4.78 is 0. The third-order valence-electron chi connectivity index (χ3n) is 2.97. The van der Waals surface area contributed by atoms with Crippen LogP contribution in [0.2, 0.25) is 0 Å². The first-order chi connectivity index (χ1) is 9.08. The molecular formula is C11H13N3O4S. The molecule has 1 aliphatic heterocycles. The number of benzene rings is 1. The largest absolute Gasteiger partial charge is 0.377 e. The number of nitro groups is 2. The normalized spacial score (nSPS) is 16.0. The van der Waals surface area contributed by atoms with Gasteiger partial charge in [0.25, 0.3) is 11.4 Å². The van der Waals surface area contributed by atoms with Gasteiger partial charge in [-0.2, -0.15) is 11.8 Å². The molecule has 1 fully saturated rings. The highest BCUT2D eigenvalue weighted by Crippen LogP contribution is 2.31. The Hall–Kier alpha value is -1.83. The van der Waals surface area contributed by atoms with Gasteiger partial charge in [0.15, 0.2) is 0 Å². The monoisotopic (exact) mass is 283 g/mol. The Morgan fingerprint density at radius 3 is 2.42 bits per heavy atom. The Morgan fingerprint density at radius 2 is 1.84 bits per heavy atom. The molecule has 7 nitrogen and oxygen atoms in total. The fourth-order valence-electron chi connectivity index (χ4n) is 1.97. The molecule has 1 N–H and O–H groups in total. The molecule has 0 unspecified atom stereocenters. The number of nitrogens with one attached hydrogen (secondary N) is 1. The van der Waals surface area contributed by atoms with E-state index >= 15 is 0 Å². The van der Waals surface area contributed by atoms with Gasteiger partial charge in [-0.25, -0.2) is 0 Å². The average Bonchev–Trinajstić information content (AvgIpc) is 2.39. The van der Waals surface area contributed by atoms with Crippen molar-refractivity contribution in [3.63, 3.8) is 0 Å². The van der Waals surface area contributed by atoms with E-state index in [9.17, 15) is 20.2 Å². The molecule has 0 atom stereocenters. The molecule has 0 radical (unpaired) electrons. The Labute approximate surface area is 113 Å². The zero-order chi connectivity index (χ0) is 13.8. The second-order valence-corrected chi connectivity index (χ2v) is 5.47. The van der Waals surface area contributed by atoms with Crippen LogP contribution in [0.3, 0.4) is 0 Å². The molecule has 1 aromatic rings. The molecule has 1 aliphatic rings. The minimum atomic E-state index is -0.631. The van der Waals surface area contributed by atoms with E-state index in [4.69, 9.17) is 0 Å². The molecule has 0 amide bonds. The smallest absolute Gasteiger partial charge is 0.299 e. The summed E-state index contributed by atoms with van der Waals surface area (Å²) >= 11 is 1.86. The molecule has 8 heteroatoms. The van der Waals surface area contributed by atoms with Crippen LogP contribution in [0, 0.1) is 20.2 Å². The number of anilines is 1. The van der Waals surface area contributed by atoms with Gasteiger partial charge in [-0.3, -0.25) is 20.2 Å². The van der Waals surface area contributed by atoms with Gasteiger partial charge in [0.2, 0.25) is 0 Å². The number of nitrogens with zero attached hydrogens (tertiary/aromatic N) is 2. The summed E-state index contributed by atoms with van der Waals surface area (Å²) in [5, 5.41) is 24.7. The van der Waals surface area contributed by atoms with Gasteiger partial charge in [0, 0.05) is 12.1 Å². The van der Waals surface area contributed by atoms with Crippen molar-refractivity contribution in [1.82, 2.24) is 0 Å². The first-order valence-electron chi connectivity index (χ1n) is 5.85. The van der Waals surface area contributed by atoms with Crippen molar-refractivity contribution in [3.05, 3.63) is 38.4 Å². The number of thioether (sulfide) groups is 1. The number of rotatable bonds is 4. The van der Waals surface area contributed by atoms with Gasteiger partial charge < -0.3 is 5.32 Å². The zero-order valence-electron chi connectivity index (χ0n) is 10.1. The van der Waals surface area contributed by atoms with Gasteiger partial charge in [-0.05, 0) is 30.4 Å². The lowest BCUT2D eigenvalue weighted by molar-refractivity contribution is -0.393. The number of nitro benzene ring substituents is 2. The predicted octanol–water partition coefficient (Wildman–Crippen LogP) is 2.81. The maximum Gasteiger partial charge on any atom is 0.299 e. The summed E-state index contributed by atoms with van der Waals surface area (Å²) in [6, 6.07) is 3.89. The van der Waals surface area contributed by atoms with Crippen molar-refractivity contribution >= 4 is 28.8 Å². The molecule has 19 heavy (non-hydrogen) atoms. The lowest BCUT2D eigenvalue weighted by Gasteiger charge is -2.23. The fraction of sp³-hybridized carbons (Fsp3) is 0.455. The summed E-state index contributed by atoms with van der Waals surface area (Å²) in [5.74, 6) is 2.05. The lowest BCUT2D eigenvalue weighted by atomic mass is 10.1. The minimum absolute atomic E-state index is 0.196. The van der Waals surface area contributed by atoms with E-state index in [1.165, 1.54) is 12.1 Å². The maximum absolute atomic E-state index is 11.0. The topological polar surface area (TPSA) is 98.3 Å². The standard InChI is InChI=1S/C11H13N3O4S/c15-13(16)9-1-2-10(11(7-9)14(17)18)12-8-3-5-19-6-4-8/h1-2,7-8,12H,3-6H2. The molecule has 0 bridgehead atoms. The first-order valence-corrected chi connectivity index (χ1v) is 7.00. The van der Waals surface area contributed by atoms with E-state index in [1.807, 2.05) is 11.8 Å². The maximum atomic E-state index is 11.0. The molecule has 0 aromatic heterocycles. The molecule has 1 aromatic carbocycles. The summed E-state index contributed by atoms with van der Waals surface area (Å²) in [6.07, 6.45) is 1.89. The molecule has 102 valence electrons. The van der Waals surface area contributed by atoms with Gasteiger partial charge in [0.1, 0.15) is 5.69 Å². The van der Waals surface area contributed by atoms with Crippen LogP contribution in [-0.2, 0) is 0 Å². The van der Waals surface area contributed by atoms with Gasteiger partial charge in [-0.15, -0.1) is 0 Å². The highest BCUT2D eigenvalue weighted by Gasteiger charge is 2.22. The number of hydrogen-bond acceptors (Lipinski definition) is 6. The van der Waals surface area contributed by atoms with E-state index in [-0.39, 0.29) is 17.4 Å². The summed E-state index contributed by atoms with van der Waals surface area (Å²) in [4.78, 5) is 20.4. The Bertz CT molecular complexity index is 503. The molecule has 1 saturated heterocycles. The second-order valence-electron chi connectivity index (χ2n) is 4.25. The molecular weight excluding hydrogens is 270 g/mol. The van der Waals surface area contributed by atoms with Crippen LogP contribution in [0.15, 0.2) is 18.2 Å². The van der Waals surface area contributed by atoms with Crippen LogP contribution in [0.1, 0.15) is 12.8 Å². The van der Waals surface area contributed by atoms with Crippen LogP contribution in [0.4, 0.5) is 17.1 Å². The highest BCUT2D eigenvalue weighted by molar-refractivity contribution is 7.99. The van der Waals surface area contributed by atoms with Crippen molar-refractivity contribution in [1.29, 1.82) is 0 Å². The van der Waals surface area contributed by atoms with Crippen molar-refractivity contribution in [2.24, 2.45) is 0 Å². The SMILES string of the molecule is O=[N+]([O-])c1ccc(NC2CCSCC2)c([N+](=O)[O-])c1. The fourth-order valence-corrected chi connectivity index (χ4v) is 3.08. The molecule has 0 aliphatic carbocycles. The Balaban J connectivity index is 2.23. The van der Waals surface area contributed by atoms with E-state index < -0.39 is 9.85 Å². The van der Waals surface area contributed by atoms with Crippen LogP contribution >= 0.6 is 11.8 Å². The van der Waals surface area contributed by atoms with Gasteiger partial charge in [-0.1, -0.05) is 0 Å². The highest BCUT2D eigenvalue weighted by atomic mass is 32.2. The molecule has 0 spiro atoms. The van der Waals surface area contributed by atoms with Crippen LogP contribution in [0.5, 0.6) is 0 Å². The summed E-state index contributed by atoms with van der Waals surface area (Å²) in [7, 11) is 0. The van der Waals surface area contributed by atoms with Gasteiger partial charge in [0.05, 0.1) is 15.9 Å². The van der Waals surface area contributed by atoms with Crippen molar-refractivity contribution < 1.29 is 9.85 Å². The average molecular weight is 283 g/mol. The van der Waals surface area contributed by atoms with Gasteiger partial charge >= 0.3 is 0 Å². The van der Waals surface area contributed by atoms with Crippen molar-refractivity contribution in [2.45, 2.75) is 18.9 Å².